The Hall–Kier alpha value is -2.58. The Bertz CT molecular complexity index is 689. The lowest BCUT2D eigenvalue weighted by Crippen LogP contribution is -2.30. The fourth-order valence-corrected chi connectivity index (χ4v) is 1.89. The highest BCUT2D eigenvalue weighted by Crippen LogP contribution is 2.11. The van der Waals surface area contributed by atoms with E-state index in [-0.39, 0.29) is 30.8 Å². The van der Waals surface area contributed by atoms with Crippen LogP contribution in [0, 0.1) is 0 Å². The molecule has 0 aliphatic rings. The maximum atomic E-state index is 12.1. The van der Waals surface area contributed by atoms with Crippen LogP contribution in [-0.2, 0) is 16.1 Å². The van der Waals surface area contributed by atoms with E-state index in [0.29, 0.717) is 30.1 Å². The molecule has 1 aromatic carbocycles. The molecule has 2 rings (SSSR count). The van der Waals surface area contributed by atoms with Crippen LogP contribution in [0.1, 0.15) is 10.4 Å². The Morgan fingerprint density at radius 2 is 2.17 bits per heavy atom. The molecule has 0 aliphatic heterocycles. The van der Waals surface area contributed by atoms with Gasteiger partial charge in [0.15, 0.2) is 0 Å². The number of nitrogens with zero attached hydrogens (tertiary/aromatic N) is 2. The minimum Gasteiger partial charge on any atom is -0.399 e. The highest BCUT2D eigenvalue weighted by atomic mass is 35.5. The molecule has 2 aromatic rings. The van der Waals surface area contributed by atoms with Crippen LogP contribution in [0.4, 0.5) is 11.4 Å². The molecule has 0 unspecified atom stereocenters. The molecule has 0 atom stereocenters. The highest BCUT2D eigenvalue weighted by Gasteiger charge is 2.09. The molecule has 0 saturated carbocycles. The van der Waals surface area contributed by atoms with E-state index in [1.54, 1.807) is 37.6 Å². The van der Waals surface area contributed by atoms with Gasteiger partial charge in [-0.3, -0.25) is 14.3 Å². The molecular weight excluding hydrogens is 334 g/mol. The SMILES string of the molecule is COCCNC(=O)Cn1cc(NC(=O)c2cccc(N)c2)cn1.Cl. The average molecular weight is 354 g/mol. The number of ether oxygens (including phenoxy) is 1. The van der Waals surface area contributed by atoms with Gasteiger partial charge in [0.1, 0.15) is 6.54 Å². The second-order valence-corrected chi connectivity index (χ2v) is 4.85. The van der Waals surface area contributed by atoms with Crippen LogP contribution in [0.15, 0.2) is 36.7 Å². The summed E-state index contributed by atoms with van der Waals surface area (Å²) in [4.78, 5) is 23.7. The Morgan fingerprint density at radius 3 is 2.88 bits per heavy atom. The van der Waals surface area contributed by atoms with Gasteiger partial charge in [-0.05, 0) is 18.2 Å². The van der Waals surface area contributed by atoms with Gasteiger partial charge in [-0.2, -0.15) is 5.10 Å². The molecule has 130 valence electrons. The molecule has 2 amide bonds. The monoisotopic (exact) mass is 353 g/mol. The molecule has 1 aromatic heterocycles. The fourth-order valence-electron chi connectivity index (χ4n) is 1.89. The summed E-state index contributed by atoms with van der Waals surface area (Å²) in [5, 5.41) is 9.42. The Balaban J connectivity index is 0.00000288. The van der Waals surface area contributed by atoms with Gasteiger partial charge >= 0.3 is 0 Å². The van der Waals surface area contributed by atoms with Crippen molar-refractivity contribution >= 4 is 35.6 Å². The maximum Gasteiger partial charge on any atom is 0.255 e. The maximum absolute atomic E-state index is 12.1. The third-order valence-electron chi connectivity index (χ3n) is 2.97. The van der Waals surface area contributed by atoms with E-state index < -0.39 is 0 Å². The third-order valence-corrected chi connectivity index (χ3v) is 2.97. The van der Waals surface area contributed by atoms with E-state index in [9.17, 15) is 9.59 Å². The van der Waals surface area contributed by atoms with E-state index >= 15 is 0 Å². The van der Waals surface area contributed by atoms with Gasteiger partial charge in [-0.25, -0.2) is 0 Å². The van der Waals surface area contributed by atoms with E-state index in [0.717, 1.165) is 0 Å². The number of carbonyl (C=O) groups is 2. The van der Waals surface area contributed by atoms with Crippen LogP contribution in [-0.4, -0.2) is 41.9 Å². The van der Waals surface area contributed by atoms with Gasteiger partial charge in [-0.15, -0.1) is 12.4 Å². The van der Waals surface area contributed by atoms with E-state index in [2.05, 4.69) is 15.7 Å². The van der Waals surface area contributed by atoms with Crippen molar-refractivity contribution in [2.24, 2.45) is 0 Å². The first-order valence-electron chi connectivity index (χ1n) is 7.03. The Kier molecular flexibility index (Phi) is 7.73. The van der Waals surface area contributed by atoms with Gasteiger partial charge in [0.05, 0.1) is 18.5 Å². The predicted octanol–water partition coefficient (Wildman–Crippen LogP) is 0.902. The van der Waals surface area contributed by atoms with E-state index in [1.165, 1.54) is 10.9 Å². The summed E-state index contributed by atoms with van der Waals surface area (Å²) in [6, 6.07) is 6.66. The van der Waals surface area contributed by atoms with Crippen molar-refractivity contribution in [1.29, 1.82) is 0 Å². The van der Waals surface area contributed by atoms with Gasteiger partial charge in [-0.1, -0.05) is 6.07 Å². The van der Waals surface area contributed by atoms with Crippen molar-refractivity contribution in [2.45, 2.75) is 6.54 Å². The van der Waals surface area contributed by atoms with Crippen molar-refractivity contribution in [3.63, 3.8) is 0 Å². The Morgan fingerprint density at radius 1 is 1.38 bits per heavy atom. The lowest BCUT2D eigenvalue weighted by atomic mass is 10.2. The van der Waals surface area contributed by atoms with Crippen molar-refractivity contribution in [1.82, 2.24) is 15.1 Å². The summed E-state index contributed by atoms with van der Waals surface area (Å²) in [5.74, 6) is -0.472. The minimum atomic E-state index is -0.290. The first kappa shape index (κ1) is 19.5. The number of anilines is 2. The van der Waals surface area contributed by atoms with Gasteiger partial charge in [0.2, 0.25) is 5.91 Å². The van der Waals surface area contributed by atoms with Crippen molar-refractivity contribution in [2.75, 3.05) is 31.3 Å². The van der Waals surface area contributed by atoms with Gasteiger partial charge in [0, 0.05) is 31.1 Å². The van der Waals surface area contributed by atoms with Crippen LogP contribution >= 0.6 is 12.4 Å². The molecule has 0 spiro atoms. The number of amides is 2. The topological polar surface area (TPSA) is 111 Å². The zero-order valence-corrected chi connectivity index (χ0v) is 14.0. The average Bonchev–Trinajstić information content (AvgIpc) is 2.94. The quantitative estimate of drug-likeness (QED) is 0.506. The van der Waals surface area contributed by atoms with Crippen LogP contribution in [0.5, 0.6) is 0 Å². The van der Waals surface area contributed by atoms with E-state index in [1.807, 2.05) is 0 Å². The fraction of sp³-hybridized carbons (Fsp3) is 0.267. The number of nitrogens with one attached hydrogen (secondary N) is 2. The Labute approximate surface area is 145 Å². The van der Waals surface area contributed by atoms with Crippen LogP contribution in [0.2, 0.25) is 0 Å². The zero-order valence-electron chi connectivity index (χ0n) is 13.2. The molecule has 4 N–H and O–H groups in total. The summed E-state index contributed by atoms with van der Waals surface area (Å²) in [5.41, 5.74) is 7.12. The smallest absolute Gasteiger partial charge is 0.255 e. The number of nitrogens with two attached hydrogens (primary N) is 1. The second-order valence-electron chi connectivity index (χ2n) is 4.85. The third kappa shape index (κ3) is 5.90. The lowest BCUT2D eigenvalue weighted by Gasteiger charge is -2.04. The van der Waals surface area contributed by atoms with Crippen LogP contribution in [0.25, 0.3) is 0 Å². The molecule has 0 fully saturated rings. The highest BCUT2D eigenvalue weighted by molar-refractivity contribution is 6.04. The molecule has 0 aliphatic carbocycles. The molecule has 8 nitrogen and oxygen atoms in total. The van der Waals surface area contributed by atoms with Crippen LogP contribution < -0.4 is 16.4 Å². The first-order valence-corrected chi connectivity index (χ1v) is 7.03. The van der Waals surface area contributed by atoms with Crippen LogP contribution in [0.3, 0.4) is 0 Å². The van der Waals surface area contributed by atoms with Crippen molar-refractivity contribution in [3.8, 4) is 0 Å². The number of aromatic nitrogens is 2. The number of benzene rings is 1. The number of methoxy groups -OCH3 is 1. The number of rotatable bonds is 7. The minimum absolute atomic E-state index is 0. The molecule has 24 heavy (non-hydrogen) atoms. The predicted molar refractivity (Wildman–Crippen MR) is 93.2 cm³/mol. The summed E-state index contributed by atoms with van der Waals surface area (Å²) in [7, 11) is 1.56. The number of halogens is 1. The number of carbonyl (C=O) groups excluding carboxylic acids is 2. The van der Waals surface area contributed by atoms with Crippen molar-refractivity contribution < 1.29 is 14.3 Å². The lowest BCUT2D eigenvalue weighted by molar-refractivity contribution is -0.122. The summed E-state index contributed by atoms with van der Waals surface area (Å²) in [6.45, 7) is 0.958. The second kappa shape index (κ2) is 9.53. The largest absolute Gasteiger partial charge is 0.399 e. The summed E-state index contributed by atoms with van der Waals surface area (Å²) < 4.78 is 6.29. The molecule has 0 radical (unpaired) electrons. The standard InChI is InChI=1S/C15H19N5O3.ClH/c1-23-6-5-17-14(21)10-20-9-13(8-18-20)19-15(22)11-3-2-4-12(16)7-11;/h2-4,7-9H,5-6,10,16H2,1H3,(H,17,21)(H,19,22);1H. The van der Waals surface area contributed by atoms with Crippen molar-refractivity contribution in [3.05, 3.63) is 42.2 Å². The number of hydrogen-bond donors (Lipinski definition) is 3. The summed E-state index contributed by atoms with van der Waals surface area (Å²) in [6.07, 6.45) is 3.06. The zero-order chi connectivity index (χ0) is 16.7. The van der Waals surface area contributed by atoms with E-state index in [4.69, 9.17) is 10.5 Å². The van der Waals surface area contributed by atoms with Gasteiger partial charge < -0.3 is 21.1 Å². The molecule has 1 heterocycles. The normalized spacial score (nSPS) is 9.88. The molecule has 9 heteroatoms. The molecular formula is C15H20ClN5O3. The molecule has 0 saturated heterocycles. The summed E-state index contributed by atoms with van der Waals surface area (Å²) >= 11 is 0. The number of nitrogen functional groups attached to an aromatic ring is 1. The first-order chi connectivity index (χ1) is 11.1. The van der Waals surface area contributed by atoms with Gasteiger partial charge in [0.25, 0.3) is 5.91 Å². The number of hydrogen-bond acceptors (Lipinski definition) is 5. The molecule has 0 bridgehead atoms.